The topological polar surface area (TPSA) is 51.2 Å². The van der Waals surface area contributed by atoms with Crippen LogP contribution in [0.2, 0.25) is 0 Å². The number of Topliss-reactive ketones (excluding diaryl/α,β-unsaturated/α-hetero) is 3. The Hall–Kier alpha value is -2.03. The molecule has 0 aliphatic heterocycles. The standard InChI is InChI=1S/C9H16O.C9H10O.C5H8O.2C2H6/c2*1-2-9(10)8-6-4-3-5-7-8;1-4(2)5(3)6;2*1-2/h8H,2-7H2,1H3;3-7H,2H2,1H3;1H2,2-3H3;2*1-2H3. The van der Waals surface area contributed by atoms with Crippen molar-refractivity contribution < 1.29 is 14.4 Å². The highest BCUT2D eigenvalue weighted by atomic mass is 16.1. The number of ketones is 3. The molecule has 1 saturated carbocycles. The lowest BCUT2D eigenvalue weighted by Crippen LogP contribution is -2.16. The minimum Gasteiger partial charge on any atom is -0.299 e. The van der Waals surface area contributed by atoms with E-state index in [-0.39, 0.29) is 11.6 Å². The van der Waals surface area contributed by atoms with Gasteiger partial charge >= 0.3 is 0 Å². The first-order valence-electron chi connectivity index (χ1n) is 11.6. The second kappa shape index (κ2) is 23.3. The number of hydrogen-bond donors (Lipinski definition) is 0. The summed E-state index contributed by atoms with van der Waals surface area (Å²) in [4.78, 5) is 32.2. The lowest BCUT2D eigenvalue weighted by atomic mass is 9.85. The largest absolute Gasteiger partial charge is 0.299 e. The highest BCUT2D eigenvalue weighted by Crippen LogP contribution is 2.24. The van der Waals surface area contributed by atoms with Crippen molar-refractivity contribution in [3.05, 3.63) is 48.0 Å². The molecule has 0 radical (unpaired) electrons. The summed E-state index contributed by atoms with van der Waals surface area (Å²) in [6.07, 6.45) is 7.54. The molecule has 172 valence electrons. The third-order valence-electron chi connectivity index (χ3n) is 4.43. The molecule has 1 fully saturated rings. The van der Waals surface area contributed by atoms with Gasteiger partial charge in [0.1, 0.15) is 5.78 Å². The van der Waals surface area contributed by atoms with Crippen molar-refractivity contribution in [3.8, 4) is 0 Å². The molecular formula is C27H46O3. The minimum atomic E-state index is 0.0648. The van der Waals surface area contributed by atoms with Crippen molar-refractivity contribution in [2.24, 2.45) is 5.92 Å². The van der Waals surface area contributed by atoms with Gasteiger partial charge in [-0.15, -0.1) is 0 Å². The second-order valence-electron chi connectivity index (χ2n) is 6.63. The summed E-state index contributed by atoms with van der Waals surface area (Å²) in [6.45, 7) is 18.4. The molecule has 3 heteroatoms. The van der Waals surface area contributed by atoms with Crippen molar-refractivity contribution in [3.63, 3.8) is 0 Å². The zero-order valence-corrected chi connectivity index (χ0v) is 20.8. The van der Waals surface area contributed by atoms with Gasteiger partial charge in [0.25, 0.3) is 0 Å². The van der Waals surface area contributed by atoms with Crippen LogP contribution in [-0.4, -0.2) is 17.3 Å². The first-order chi connectivity index (χ1) is 14.3. The second-order valence-corrected chi connectivity index (χ2v) is 6.63. The Bertz CT molecular complexity index is 555. The summed E-state index contributed by atoms with van der Waals surface area (Å²) < 4.78 is 0. The van der Waals surface area contributed by atoms with Gasteiger partial charge in [-0.25, -0.2) is 0 Å². The maximum absolute atomic E-state index is 11.2. The first kappa shape index (κ1) is 32.6. The smallest absolute Gasteiger partial charge is 0.162 e. The highest BCUT2D eigenvalue weighted by molar-refractivity contribution is 5.95. The van der Waals surface area contributed by atoms with E-state index >= 15 is 0 Å². The maximum Gasteiger partial charge on any atom is 0.162 e. The van der Waals surface area contributed by atoms with Crippen LogP contribution >= 0.6 is 0 Å². The SMILES string of the molecule is C=C(C)C(C)=O.CC.CC.CCC(=O)C1CCCCC1.CCC(=O)c1ccccc1. The van der Waals surface area contributed by atoms with Gasteiger partial charge in [0, 0.05) is 24.3 Å². The van der Waals surface area contributed by atoms with Crippen molar-refractivity contribution in [2.45, 2.75) is 100 Å². The molecule has 0 unspecified atom stereocenters. The van der Waals surface area contributed by atoms with Crippen LogP contribution in [0.15, 0.2) is 42.5 Å². The van der Waals surface area contributed by atoms with Gasteiger partial charge in [0.05, 0.1) is 0 Å². The molecule has 30 heavy (non-hydrogen) atoms. The van der Waals surface area contributed by atoms with E-state index in [9.17, 15) is 14.4 Å². The van der Waals surface area contributed by atoms with Crippen LogP contribution in [-0.2, 0) is 9.59 Å². The van der Waals surface area contributed by atoms with Gasteiger partial charge in [-0.05, 0) is 32.3 Å². The van der Waals surface area contributed by atoms with Crippen LogP contribution in [0.4, 0.5) is 0 Å². The van der Waals surface area contributed by atoms with Gasteiger partial charge in [-0.3, -0.25) is 14.4 Å². The quantitative estimate of drug-likeness (QED) is 0.359. The fraction of sp³-hybridized carbons (Fsp3) is 0.593. The van der Waals surface area contributed by atoms with Gasteiger partial charge in [-0.1, -0.05) is 97.7 Å². The van der Waals surface area contributed by atoms with Crippen LogP contribution in [0.5, 0.6) is 0 Å². The zero-order valence-electron chi connectivity index (χ0n) is 20.8. The normalized spacial score (nSPS) is 12.0. The summed E-state index contributed by atoms with van der Waals surface area (Å²) in [5.74, 6) is 1.19. The predicted molar refractivity (Wildman–Crippen MR) is 131 cm³/mol. The number of carbonyl (C=O) groups is 3. The molecule has 2 rings (SSSR count). The molecule has 0 heterocycles. The average Bonchev–Trinajstić information content (AvgIpc) is 2.82. The summed E-state index contributed by atoms with van der Waals surface area (Å²) in [6, 6.07) is 9.34. The predicted octanol–water partition coefficient (Wildman–Crippen LogP) is 8.03. The Morgan fingerprint density at radius 3 is 1.60 bits per heavy atom. The highest BCUT2D eigenvalue weighted by Gasteiger charge is 2.18. The van der Waals surface area contributed by atoms with E-state index < -0.39 is 0 Å². The average molecular weight is 419 g/mol. The molecule has 0 aromatic heterocycles. The van der Waals surface area contributed by atoms with Crippen molar-refractivity contribution in [1.29, 1.82) is 0 Å². The van der Waals surface area contributed by atoms with E-state index in [2.05, 4.69) is 6.58 Å². The molecule has 1 aliphatic rings. The van der Waals surface area contributed by atoms with Crippen LogP contribution < -0.4 is 0 Å². The molecule has 3 nitrogen and oxygen atoms in total. The molecule has 0 N–H and O–H groups in total. The Kier molecular flexibility index (Phi) is 25.3. The Morgan fingerprint density at radius 1 is 0.833 bits per heavy atom. The Labute approximate surface area is 186 Å². The summed E-state index contributed by atoms with van der Waals surface area (Å²) >= 11 is 0. The van der Waals surface area contributed by atoms with Crippen LogP contribution in [0, 0.1) is 5.92 Å². The summed E-state index contributed by atoms with van der Waals surface area (Å²) in [5, 5.41) is 0. The fourth-order valence-electron chi connectivity index (χ4n) is 2.54. The minimum absolute atomic E-state index is 0.0648. The zero-order chi connectivity index (χ0) is 23.9. The summed E-state index contributed by atoms with van der Waals surface area (Å²) in [7, 11) is 0. The van der Waals surface area contributed by atoms with Crippen molar-refractivity contribution in [2.75, 3.05) is 0 Å². The van der Waals surface area contributed by atoms with Crippen LogP contribution in [0.25, 0.3) is 0 Å². The van der Waals surface area contributed by atoms with Crippen LogP contribution in [0.1, 0.15) is 111 Å². The van der Waals surface area contributed by atoms with Gasteiger partial charge in [0.2, 0.25) is 0 Å². The molecule has 0 saturated heterocycles. The molecule has 0 spiro atoms. The van der Waals surface area contributed by atoms with Gasteiger partial charge < -0.3 is 0 Å². The maximum atomic E-state index is 11.2. The Balaban J connectivity index is -0.000000346. The Morgan fingerprint density at radius 2 is 1.27 bits per heavy atom. The van der Waals surface area contributed by atoms with E-state index in [1.54, 1.807) is 6.92 Å². The van der Waals surface area contributed by atoms with E-state index in [0.717, 1.165) is 24.8 Å². The molecule has 0 bridgehead atoms. The fourth-order valence-corrected chi connectivity index (χ4v) is 2.54. The lowest BCUT2D eigenvalue weighted by molar-refractivity contribution is -0.123. The molecule has 1 aromatic carbocycles. The lowest BCUT2D eigenvalue weighted by Gasteiger charge is -2.19. The number of rotatable bonds is 5. The van der Waals surface area contributed by atoms with Gasteiger partial charge in [-0.2, -0.15) is 0 Å². The van der Waals surface area contributed by atoms with Crippen molar-refractivity contribution >= 4 is 17.3 Å². The molecule has 0 amide bonds. The molecule has 1 aromatic rings. The third-order valence-corrected chi connectivity index (χ3v) is 4.43. The van der Waals surface area contributed by atoms with Gasteiger partial charge in [0.15, 0.2) is 11.6 Å². The third kappa shape index (κ3) is 18.0. The van der Waals surface area contributed by atoms with E-state index in [1.807, 2.05) is 71.9 Å². The van der Waals surface area contributed by atoms with E-state index in [4.69, 9.17) is 0 Å². The molecule has 1 aliphatic carbocycles. The number of allylic oxidation sites excluding steroid dienone is 1. The molecule has 0 atom stereocenters. The first-order valence-corrected chi connectivity index (χ1v) is 11.6. The number of carbonyl (C=O) groups excluding carboxylic acids is 3. The van der Waals surface area contributed by atoms with Crippen LogP contribution in [0.3, 0.4) is 0 Å². The van der Waals surface area contributed by atoms with Crippen molar-refractivity contribution in [1.82, 2.24) is 0 Å². The number of hydrogen-bond acceptors (Lipinski definition) is 3. The monoisotopic (exact) mass is 418 g/mol. The van der Waals surface area contributed by atoms with E-state index in [1.165, 1.54) is 26.2 Å². The summed E-state index contributed by atoms with van der Waals surface area (Å²) in [5.41, 5.74) is 1.43. The number of benzene rings is 1. The molecular weight excluding hydrogens is 372 g/mol. The van der Waals surface area contributed by atoms with E-state index in [0.29, 0.717) is 23.7 Å².